The lowest BCUT2D eigenvalue weighted by molar-refractivity contribution is 0.393. The van der Waals surface area contributed by atoms with Crippen LogP contribution in [0.5, 0.6) is 0 Å². The zero-order valence-electron chi connectivity index (χ0n) is 19.6. The molecular weight excluding hydrogens is 344 g/mol. The average Bonchev–Trinajstić information content (AvgIpc) is 3.44. The van der Waals surface area contributed by atoms with Crippen molar-refractivity contribution < 1.29 is 0 Å². The van der Waals surface area contributed by atoms with Gasteiger partial charge in [0, 0.05) is 24.2 Å². The summed E-state index contributed by atoms with van der Waals surface area (Å²) < 4.78 is 0. The van der Waals surface area contributed by atoms with Crippen LogP contribution in [0.15, 0.2) is 0 Å². The van der Waals surface area contributed by atoms with E-state index in [-0.39, 0.29) is 0 Å². The molecule has 4 heterocycles. The fraction of sp³-hybridized carbons (Fsp3) is 1.00. The summed E-state index contributed by atoms with van der Waals surface area (Å²) in [5.74, 6) is 0. The summed E-state index contributed by atoms with van der Waals surface area (Å²) in [7, 11) is 0. The third-order valence-corrected chi connectivity index (χ3v) is 6.42. The molecule has 4 N–H and O–H groups in total. The van der Waals surface area contributed by atoms with Crippen molar-refractivity contribution in [3.8, 4) is 0 Å². The molecule has 0 amide bonds. The van der Waals surface area contributed by atoms with Gasteiger partial charge in [-0.15, -0.1) is 0 Å². The van der Waals surface area contributed by atoms with E-state index < -0.39 is 0 Å². The second kappa shape index (κ2) is 17.7. The summed E-state index contributed by atoms with van der Waals surface area (Å²) in [4.78, 5) is 0. The molecule has 0 aromatic rings. The predicted octanol–water partition coefficient (Wildman–Crippen LogP) is 4.59. The molecule has 4 nitrogen and oxygen atoms in total. The first-order valence-electron chi connectivity index (χ1n) is 12.6. The maximum absolute atomic E-state index is 3.47. The highest BCUT2D eigenvalue weighted by Gasteiger charge is 2.10. The van der Waals surface area contributed by atoms with E-state index in [1.54, 1.807) is 0 Å². The highest BCUT2D eigenvalue weighted by molar-refractivity contribution is 4.71. The van der Waals surface area contributed by atoms with Crippen LogP contribution in [0.1, 0.15) is 105 Å². The van der Waals surface area contributed by atoms with Crippen molar-refractivity contribution in [3.63, 3.8) is 0 Å². The Morgan fingerprint density at radius 2 is 0.893 bits per heavy atom. The molecule has 4 heteroatoms. The van der Waals surface area contributed by atoms with Crippen LogP contribution in [0.2, 0.25) is 0 Å². The van der Waals surface area contributed by atoms with Gasteiger partial charge in [-0.25, -0.2) is 0 Å². The number of hydrogen-bond donors (Lipinski definition) is 4. The fourth-order valence-corrected chi connectivity index (χ4v) is 4.26. The van der Waals surface area contributed by atoms with Crippen LogP contribution in [-0.2, 0) is 0 Å². The van der Waals surface area contributed by atoms with Gasteiger partial charge in [-0.3, -0.25) is 0 Å². The molecule has 4 fully saturated rings. The van der Waals surface area contributed by atoms with Crippen molar-refractivity contribution in [1.82, 2.24) is 21.3 Å². The Morgan fingerprint density at radius 3 is 1.14 bits per heavy atom. The van der Waals surface area contributed by atoms with Crippen LogP contribution in [0, 0.1) is 0 Å². The van der Waals surface area contributed by atoms with E-state index in [9.17, 15) is 0 Å². The maximum Gasteiger partial charge on any atom is 0.00649 e. The molecule has 0 aliphatic carbocycles. The van der Waals surface area contributed by atoms with Gasteiger partial charge in [-0.05, 0) is 104 Å². The van der Waals surface area contributed by atoms with Crippen LogP contribution >= 0.6 is 0 Å². The first kappa shape index (κ1) is 25.9. The van der Waals surface area contributed by atoms with Crippen LogP contribution < -0.4 is 21.3 Å². The molecule has 4 saturated heterocycles. The van der Waals surface area contributed by atoms with Crippen molar-refractivity contribution in [2.75, 3.05) is 26.2 Å². The fourth-order valence-electron chi connectivity index (χ4n) is 4.26. The first-order chi connectivity index (χ1) is 13.7. The van der Waals surface area contributed by atoms with Gasteiger partial charge in [-0.2, -0.15) is 0 Å². The van der Waals surface area contributed by atoms with Crippen LogP contribution in [-0.4, -0.2) is 50.3 Å². The zero-order chi connectivity index (χ0) is 20.5. The van der Waals surface area contributed by atoms with Crippen LogP contribution in [0.25, 0.3) is 0 Å². The molecule has 4 atom stereocenters. The lowest BCUT2D eigenvalue weighted by atomic mass is 10.0. The Bertz CT molecular complexity index is 313. The minimum Gasteiger partial charge on any atom is -0.314 e. The molecular formula is C24H52N4. The van der Waals surface area contributed by atoms with Gasteiger partial charge in [0.25, 0.3) is 0 Å². The van der Waals surface area contributed by atoms with E-state index in [1.165, 1.54) is 103 Å². The second-order valence-electron chi connectivity index (χ2n) is 9.10. The summed E-state index contributed by atoms with van der Waals surface area (Å²) in [6.45, 7) is 13.9. The van der Waals surface area contributed by atoms with Gasteiger partial charge in [0.15, 0.2) is 0 Å². The summed E-state index contributed by atoms with van der Waals surface area (Å²) in [5.41, 5.74) is 0. The molecule has 0 radical (unpaired) electrons. The number of nitrogens with one attached hydrogen (secondary N) is 4. The van der Waals surface area contributed by atoms with Gasteiger partial charge in [0.1, 0.15) is 0 Å². The van der Waals surface area contributed by atoms with E-state index in [0.29, 0.717) is 0 Å². The Morgan fingerprint density at radius 1 is 0.500 bits per heavy atom. The van der Waals surface area contributed by atoms with E-state index in [2.05, 4.69) is 49.0 Å². The molecule has 28 heavy (non-hydrogen) atoms. The van der Waals surface area contributed by atoms with Gasteiger partial charge >= 0.3 is 0 Å². The monoisotopic (exact) mass is 396 g/mol. The second-order valence-corrected chi connectivity index (χ2v) is 9.10. The molecule has 4 aliphatic heterocycles. The third-order valence-electron chi connectivity index (χ3n) is 6.42. The number of hydrogen-bond acceptors (Lipinski definition) is 4. The molecule has 0 spiro atoms. The lowest BCUT2D eigenvalue weighted by Crippen LogP contribution is -2.32. The minimum absolute atomic E-state index is 0.786. The van der Waals surface area contributed by atoms with Gasteiger partial charge in [-0.1, -0.05) is 26.7 Å². The average molecular weight is 397 g/mol. The standard InChI is InChI=1S/C7H15N.2C6H13N.C5H11N/c1-2-7-5-3-4-6-8-7;1-6-4-2-3-5-7-6;1-2-6-4-3-5-7-6;1-5-3-2-4-6-5/h7-8H,2-6H2,1H3;2*6-7H,2-5H2,1H3;5-6H,2-4H2,1H3/t7-;2*6-;5-/m1111/s1. The quantitative estimate of drug-likeness (QED) is 0.551. The maximum atomic E-state index is 3.47. The summed E-state index contributed by atoms with van der Waals surface area (Å²) in [6.07, 6.45) is 16.5. The highest BCUT2D eigenvalue weighted by atomic mass is 14.9. The van der Waals surface area contributed by atoms with Crippen molar-refractivity contribution in [2.24, 2.45) is 0 Å². The Labute approximate surface area is 176 Å². The normalized spacial score (nSPS) is 32.1. The number of piperidine rings is 2. The number of rotatable bonds is 2. The van der Waals surface area contributed by atoms with Crippen molar-refractivity contribution in [2.45, 2.75) is 129 Å². The van der Waals surface area contributed by atoms with E-state index in [1.807, 2.05) is 0 Å². The van der Waals surface area contributed by atoms with Crippen LogP contribution in [0.3, 0.4) is 0 Å². The van der Waals surface area contributed by atoms with Crippen molar-refractivity contribution >= 4 is 0 Å². The summed E-state index contributed by atoms with van der Waals surface area (Å²) >= 11 is 0. The van der Waals surface area contributed by atoms with E-state index >= 15 is 0 Å². The Hall–Kier alpha value is -0.160. The van der Waals surface area contributed by atoms with Gasteiger partial charge in [0.2, 0.25) is 0 Å². The topological polar surface area (TPSA) is 48.1 Å². The minimum atomic E-state index is 0.786. The molecule has 4 rings (SSSR count). The molecule has 4 aliphatic rings. The Kier molecular flexibility index (Phi) is 16.3. The Balaban J connectivity index is 0.000000188. The van der Waals surface area contributed by atoms with Gasteiger partial charge < -0.3 is 21.3 Å². The molecule has 0 unspecified atom stereocenters. The van der Waals surface area contributed by atoms with E-state index in [4.69, 9.17) is 0 Å². The summed E-state index contributed by atoms with van der Waals surface area (Å²) in [5, 5.41) is 13.6. The molecule has 168 valence electrons. The zero-order valence-corrected chi connectivity index (χ0v) is 19.6. The summed E-state index contributed by atoms with van der Waals surface area (Å²) in [6, 6.07) is 3.27. The first-order valence-corrected chi connectivity index (χ1v) is 12.6. The third kappa shape index (κ3) is 13.9. The molecule has 0 aromatic carbocycles. The largest absolute Gasteiger partial charge is 0.314 e. The van der Waals surface area contributed by atoms with Crippen molar-refractivity contribution in [1.29, 1.82) is 0 Å². The SMILES string of the molecule is CC[C@@H]1CCCCN1.CC[C@@H]1CCCN1.C[C@@H]1CCCCN1.C[C@@H]1CCCN1. The predicted molar refractivity (Wildman–Crippen MR) is 125 cm³/mol. The van der Waals surface area contributed by atoms with E-state index in [0.717, 1.165) is 24.2 Å². The smallest absolute Gasteiger partial charge is 0.00649 e. The van der Waals surface area contributed by atoms with Crippen molar-refractivity contribution in [3.05, 3.63) is 0 Å². The lowest BCUT2D eigenvalue weighted by Gasteiger charge is -2.21. The van der Waals surface area contributed by atoms with Gasteiger partial charge in [0.05, 0.1) is 0 Å². The highest BCUT2D eigenvalue weighted by Crippen LogP contribution is 2.08. The van der Waals surface area contributed by atoms with Crippen LogP contribution in [0.4, 0.5) is 0 Å². The molecule has 0 aromatic heterocycles. The molecule has 0 saturated carbocycles. The molecule has 0 bridgehead atoms.